The van der Waals surface area contributed by atoms with Crippen molar-refractivity contribution < 1.29 is 14.6 Å². The normalized spacial score (nSPS) is 9.67. The largest absolute Gasteiger partial charge is 0.478 e. The van der Waals surface area contributed by atoms with E-state index in [0.717, 1.165) is 16.7 Å². The molecule has 0 unspecified atom stereocenters. The Morgan fingerprint density at radius 2 is 1.81 bits per heavy atom. The van der Waals surface area contributed by atoms with Crippen molar-refractivity contribution in [1.82, 2.24) is 0 Å². The van der Waals surface area contributed by atoms with Crippen LogP contribution in [0, 0.1) is 0 Å². The van der Waals surface area contributed by atoms with Crippen LogP contribution in [-0.4, -0.2) is 17.7 Å². The zero-order valence-corrected chi connectivity index (χ0v) is 12.8. The molecule has 0 amide bonds. The zero-order chi connectivity index (χ0) is 15.7. The average Bonchev–Trinajstić information content (AvgIpc) is 2.55. The smallest absolute Gasteiger partial charge is 0.336 e. The number of rotatable bonds is 5. The lowest BCUT2D eigenvalue weighted by atomic mass is 9.98. The Kier molecular flexibility index (Phi) is 7.19. The topological polar surface area (TPSA) is 46.5 Å². The van der Waals surface area contributed by atoms with Crippen molar-refractivity contribution in [1.29, 1.82) is 0 Å². The first-order valence-corrected chi connectivity index (χ1v) is 7.21. The average molecular weight is 286 g/mol. The second-order valence-corrected chi connectivity index (χ2v) is 4.19. The van der Waals surface area contributed by atoms with Gasteiger partial charge >= 0.3 is 5.97 Å². The highest BCUT2D eigenvalue weighted by molar-refractivity contribution is 5.96. The Morgan fingerprint density at radius 1 is 1.10 bits per heavy atom. The Bertz CT molecular complexity index is 576. The molecule has 2 aromatic carbocycles. The van der Waals surface area contributed by atoms with E-state index in [2.05, 4.69) is 0 Å². The van der Waals surface area contributed by atoms with Crippen LogP contribution >= 0.6 is 0 Å². The summed E-state index contributed by atoms with van der Waals surface area (Å²) in [6.07, 6.45) is 0. The monoisotopic (exact) mass is 286 g/mol. The third kappa shape index (κ3) is 4.72. The molecular formula is C18H22O3. The molecule has 1 N–H and O–H groups in total. The fourth-order valence-corrected chi connectivity index (χ4v) is 1.97. The van der Waals surface area contributed by atoms with Gasteiger partial charge in [-0.1, -0.05) is 50.2 Å². The molecule has 3 heteroatoms. The minimum Gasteiger partial charge on any atom is -0.478 e. The van der Waals surface area contributed by atoms with Gasteiger partial charge in [-0.3, -0.25) is 0 Å². The molecule has 0 fully saturated rings. The highest BCUT2D eigenvalue weighted by Gasteiger charge is 2.10. The summed E-state index contributed by atoms with van der Waals surface area (Å²) in [5.74, 6) is -0.911. The second-order valence-electron chi connectivity index (χ2n) is 4.19. The lowest BCUT2D eigenvalue weighted by Crippen LogP contribution is -1.99. The van der Waals surface area contributed by atoms with E-state index in [1.165, 1.54) is 0 Å². The van der Waals surface area contributed by atoms with Crippen LogP contribution in [0.3, 0.4) is 0 Å². The van der Waals surface area contributed by atoms with Crippen LogP contribution in [0.5, 0.6) is 0 Å². The Hall–Kier alpha value is -2.13. The number of carboxylic acids is 1. The van der Waals surface area contributed by atoms with Gasteiger partial charge in [-0.25, -0.2) is 4.79 Å². The first-order chi connectivity index (χ1) is 10.2. The summed E-state index contributed by atoms with van der Waals surface area (Å²) in [7, 11) is 0. The molecule has 2 aromatic rings. The van der Waals surface area contributed by atoms with E-state index >= 15 is 0 Å². The lowest BCUT2D eigenvalue weighted by molar-refractivity contribution is 0.0697. The predicted molar refractivity (Wildman–Crippen MR) is 85.5 cm³/mol. The molecule has 0 saturated heterocycles. The van der Waals surface area contributed by atoms with Gasteiger partial charge in [-0.05, 0) is 35.7 Å². The van der Waals surface area contributed by atoms with E-state index in [1.807, 2.05) is 57.2 Å². The van der Waals surface area contributed by atoms with Crippen LogP contribution in [0.25, 0.3) is 11.1 Å². The molecule has 0 heterocycles. The van der Waals surface area contributed by atoms with Crippen molar-refractivity contribution in [2.75, 3.05) is 6.61 Å². The number of benzene rings is 2. The fraction of sp³-hybridized carbons (Fsp3) is 0.278. The van der Waals surface area contributed by atoms with Crippen LogP contribution in [0.15, 0.2) is 48.5 Å². The quantitative estimate of drug-likeness (QED) is 0.872. The number of carboxylic acid groups (broad SMARTS) is 1. The summed E-state index contributed by atoms with van der Waals surface area (Å²) < 4.78 is 5.37. The van der Waals surface area contributed by atoms with E-state index in [4.69, 9.17) is 4.74 Å². The minimum atomic E-state index is -0.911. The van der Waals surface area contributed by atoms with Gasteiger partial charge in [0, 0.05) is 6.61 Å². The molecule has 0 aliphatic carbocycles. The number of aromatic carboxylic acids is 1. The molecule has 0 aromatic heterocycles. The van der Waals surface area contributed by atoms with Gasteiger partial charge in [0.25, 0.3) is 0 Å². The van der Waals surface area contributed by atoms with Crippen molar-refractivity contribution in [2.24, 2.45) is 0 Å². The summed E-state index contributed by atoms with van der Waals surface area (Å²) in [5, 5.41) is 9.21. The molecule has 0 aliphatic heterocycles. The van der Waals surface area contributed by atoms with E-state index in [-0.39, 0.29) is 0 Å². The zero-order valence-electron chi connectivity index (χ0n) is 12.8. The van der Waals surface area contributed by atoms with Gasteiger partial charge in [0.2, 0.25) is 0 Å². The van der Waals surface area contributed by atoms with Crippen LogP contribution in [-0.2, 0) is 11.3 Å². The summed E-state index contributed by atoms with van der Waals surface area (Å²) in [4.78, 5) is 11.2. The van der Waals surface area contributed by atoms with Gasteiger partial charge in [0.1, 0.15) is 0 Å². The maximum absolute atomic E-state index is 11.2. The summed E-state index contributed by atoms with van der Waals surface area (Å²) in [6, 6.07) is 14.8. The number of ether oxygens (including phenoxy) is 1. The van der Waals surface area contributed by atoms with Crippen LogP contribution < -0.4 is 0 Å². The molecular weight excluding hydrogens is 264 g/mol. The van der Waals surface area contributed by atoms with Gasteiger partial charge in [0.15, 0.2) is 0 Å². The third-order valence-electron chi connectivity index (χ3n) is 2.87. The number of hydrogen-bond acceptors (Lipinski definition) is 2. The van der Waals surface area contributed by atoms with E-state index in [1.54, 1.807) is 12.1 Å². The highest BCUT2D eigenvalue weighted by atomic mass is 16.5. The minimum absolute atomic E-state index is 0.316. The van der Waals surface area contributed by atoms with E-state index < -0.39 is 5.97 Å². The van der Waals surface area contributed by atoms with Gasteiger partial charge in [-0.2, -0.15) is 0 Å². The SMILES string of the molecule is CC.CCOCc1cccc(-c2ccccc2C(=O)O)c1. The standard InChI is InChI=1S/C16H16O3.C2H6/c1-2-19-11-12-6-5-7-13(10-12)14-8-3-4-9-15(14)16(17)18;1-2/h3-10H,2,11H2,1H3,(H,17,18);1-2H3. The molecule has 0 atom stereocenters. The molecule has 21 heavy (non-hydrogen) atoms. The number of hydrogen-bond donors (Lipinski definition) is 1. The Balaban J connectivity index is 0.00000106. The summed E-state index contributed by atoms with van der Waals surface area (Å²) in [5.41, 5.74) is 2.99. The van der Waals surface area contributed by atoms with Crippen LogP contribution in [0.2, 0.25) is 0 Å². The highest BCUT2D eigenvalue weighted by Crippen LogP contribution is 2.24. The van der Waals surface area contributed by atoms with Crippen molar-refractivity contribution in [3.05, 3.63) is 59.7 Å². The first-order valence-electron chi connectivity index (χ1n) is 7.21. The molecule has 0 radical (unpaired) electrons. The van der Waals surface area contributed by atoms with E-state index in [9.17, 15) is 9.90 Å². The summed E-state index contributed by atoms with van der Waals surface area (Å²) in [6.45, 7) is 7.15. The van der Waals surface area contributed by atoms with Crippen LogP contribution in [0.1, 0.15) is 36.7 Å². The van der Waals surface area contributed by atoms with Gasteiger partial charge in [0.05, 0.1) is 12.2 Å². The first kappa shape index (κ1) is 16.9. The Labute approximate surface area is 126 Å². The summed E-state index contributed by atoms with van der Waals surface area (Å²) >= 11 is 0. The van der Waals surface area contributed by atoms with Crippen molar-refractivity contribution in [3.8, 4) is 11.1 Å². The van der Waals surface area contributed by atoms with Crippen molar-refractivity contribution >= 4 is 5.97 Å². The molecule has 2 rings (SSSR count). The molecule has 0 saturated carbocycles. The molecule has 0 spiro atoms. The fourth-order valence-electron chi connectivity index (χ4n) is 1.97. The predicted octanol–water partition coefficient (Wildman–Crippen LogP) is 4.61. The number of carbonyl (C=O) groups is 1. The van der Waals surface area contributed by atoms with Crippen molar-refractivity contribution in [2.45, 2.75) is 27.4 Å². The molecule has 0 bridgehead atoms. The molecule has 0 aliphatic rings. The van der Waals surface area contributed by atoms with Crippen molar-refractivity contribution in [3.63, 3.8) is 0 Å². The Morgan fingerprint density at radius 3 is 2.48 bits per heavy atom. The lowest BCUT2D eigenvalue weighted by Gasteiger charge is -2.08. The maximum atomic E-state index is 11.2. The third-order valence-corrected chi connectivity index (χ3v) is 2.87. The second kappa shape index (κ2) is 8.93. The molecule has 3 nitrogen and oxygen atoms in total. The van der Waals surface area contributed by atoms with Gasteiger partial charge < -0.3 is 9.84 Å². The maximum Gasteiger partial charge on any atom is 0.336 e. The van der Waals surface area contributed by atoms with Gasteiger partial charge in [-0.15, -0.1) is 0 Å². The van der Waals surface area contributed by atoms with Crippen LogP contribution in [0.4, 0.5) is 0 Å². The molecule has 112 valence electrons. The van der Waals surface area contributed by atoms with E-state index in [0.29, 0.717) is 18.8 Å².